The van der Waals surface area contributed by atoms with E-state index >= 15 is 0 Å². The van der Waals surface area contributed by atoms with E-state index in [1.807, 2.05) is 35.2 Å². The fourth-order valence-electron chi connectivity index (χ4n) is 4.54. The van der Waals surface area contributed by atoms with Gasteiger partial charge in [-0.1, -0.05) is 35.6 Å². The molecular weight excluding hydrogens is 418 g/mol. The molecule has 2 fully saturated rings. The minimum atomic E-state index is 0.333. The second-order valence-electron chi connectivity index (χ2n) is 8.97. The van der Waals surface area contributed by atoms with Gasteiger partial charge in [-0.2, -0.15) is 0 Å². The van der Waals surface area contributed by atoms with Gasteiger partial charge in [-0.3, -0.25) is 4.79 Å². The number of carbonyl (C=O) groups is 1. The molecule has 6 heteroatoms. The number of ether oxygens (including phenoxy) is 1. The molecule has 2 heterocycles. The van der Waals surface area contributed by atoms with Gasteiger partial charge in [0.15, 0.2) is 0 Å². The minimum absolute atomic E-state index is 0.333. The minimum Gasteiger partial charge on any atom is -0.431 e. The number of nitrogens with one attached hydrogen (secondary N) is 1. The Bertz CT molecular complexity index is 1010. The van der Waals surface area contributed by atoms with Crippen LogP contribution in [0.4, 0.5) is 0 Å². The first kappa shape index (κ1) is 21.4. The molecule has 5 rings (SSSR count). The van der Waals surface area contributed by atoms with Gasteiger partial charge < -0.3 is 15.0 Å². The highest BCUT2D eigenvalue weighted by Crippen LogP contribution is 2.35. The number of aromatic nitrogens is 1. The summed E-state index contributed by atoms with van der Waals surface area (Å²) in [5.41, 5.74) is 2.33. The Morgan fingerprint density at radius 3 is 2.75 bits per heavy atom. The third kappa shape index (κ3) is 5.48. The Balaban J connectivity index is 1.08. The summed E-state index contributed by atoms with van der Waals surface area (Å²) in [5, 5.41) is 4.47. The lowest BCUT2D eigenvalue weighted by Crippen LogP contribution is -2.34. The molecule has 3 aromatic rings. The van der Waals surface area contributed by atoms with Crippen molar-refractivity contribution in [3.05, 3.63) is 54.1 Å². The normalized spacial score (nSPS) is 17.2. The molecule has 1 aliphatic carbocycles. The summed E-state index contributed by atoms with van der Waals surface area (Å²) in [6.45, 7) is 2.85. The zero-order valence-corrected chi connectivity index (χ0v) is 19.3. The van der Waals surface area contributed by atoms with E-state index in [-0.39, 0.29) is 0 Å². The van der Waals surface area contributed by atoms with Crippen LogP contribution in [0.5, 0.6) is 10.9 Å². The summed E-state index contributed by atoms with van der Waals surface area (Å²) in [5.74, 6) is 1.99. The molecular formula is C26H31N3O2S. The molecule has 1 aliphatic heterocycles. The van der Waals surface area contributed by atoms with Gasteiger partial charge in [0.2, 0.25) is 5.91 Å². The number of likely N-dealkylation sites (tertiary alicyclic amines) is 1. The van der Waals surface area contributed by atoms with Crippen LogP contribution in [0.2, 0.25) is 0 Å². The molecule has 2 aliphatic rings. The molecule has 1 N–H and O–H groups in total. The van der Waals surface area contributed by atoms with Gasteiger partial charge >= 0.3 is 0 Å². The van der Waals surface area contributed by atoms with E-state index < -0.39 is 0 Å². The average molecular weight is 450 g/mol. The zero-order chi connectivity index (χ0) is 21.8. The maximum absolute atomic E-state index is 11.7. The van der Waals surface area contributed by atoms with Crippen LogP contribution >= 0.6 is 11.3 Å². The summed E-state index contributed by atoms with van der Waals surface area (Å²) in [6, 6.07) is 17.1. The SMILES string of the molecule is O=C1CCCN1CCCNC(CCc1ccc(Oc2nc3ccccc3s2)cc1)C1CC1. The number of fused-ring (bicyclic) bond motifs is 1. The van der Waals surface area contributed by atoms with E-state index in [2.05, 4.69) is 28.5 Å². The number of nitrogens with zero attached hydrogens (tertiary/aromatic N) is 2. The monoisotopic (exact) mass is 449 g/mol. The summed E-state index contributed by atoms with van der Waals surface area (Å²) in [4.78, 5) is 18.3. The number of thiazole rings is 1. The number of rotatable bonds is 11. The standard InChI is InChI=1S/C26H31N3O2S/c30-25-7-3-17-29(25)18-4-16-27-22(20-11-12-20)15-10-19-8-13-21(14-9-19)31-26-28-23-5-1-2-6-24(23)32-26/h1-2,5-6,8-9,13-14,20,22,27H,3-4,7,10-12,15-18H2. The maximum Gasteiger partial charge on any atom is 0.279 e. The molecule has 1 saturated heterocycles. The second kappa shape index (κ2) is 10.0. The second-order valence-corrected chi connectivity index (χ2v) is 9.96. The Hall–Kier alpha value is -2.44. The first-order valence-corrected chi connectivity index (χ1v) is 12.7. The van der Waals surface area contributed by atoms with Crippen molar-refractivity contribution < 1.29 is 9.53 Å². The predicted octanol–water partition coefficient (Wildman–Crippen LogP) is 5.40. The van der Waals surface area contributed by atoms with Gasteiger partial charge in [-0.05, 0) is 80.8 Å². The van der Waals surface area contributed by atoms with Crippen molar-refractivity contribution in [1.29, 1.82) is 0 Å². The summed E-state index contributed by atoms with van der Waals surface area (Å²) < 4.78 is 7.12. The molecule has 1 amide bonds. The number of para-hydroxylation sites is 1. The maximum atomic E-state index is 11.7. The third-order valence-corrected chi connectivity index (χ3v) is 7.43. The van der Waals surface area contributed by atoms with Crippen LogP contribution in [-0.4, -0.2) is 41.5 Å². The van der Waals surface area contributed by atoms with E-state index in [0.29, 0.717) is 17.1 Å². The number of hydrogen-bond acceptors (Lipinski definition) is 5. The van der Waals surface area contributed by atoms with Crippen molar-refractivity contribution in [1.82, 2.24) is 15.2 Å². The van der Waals surface area contributed by atoms with E-state index in [4.69, 9.17) is 4.74 Å². The topological polar surface area (TPSA) is 54.5 Å². The van der Waals surface area contributed by atoms with Gasteiger partial charge in [-0.25, -0.2) is 4.98 Å². The fraction of sp³-hybridized carbons (Fsp3) is 0.462. The van der Waals surface area contributed by atoms with E-state index in [1.54, 1.807) is 11.3 Å². The Kier molecular flexibility index (Phi) is 6.69. The molecule has 5 nitrogen and oxygen atoms in total. The van der Waals surface area contributed by atoms with Crippen LogP contribution in [0.15, 0.2) is 48.5 Å². The van der Waals surface area contributed by atoms with Crippen LogP contribution in [-0.2, 0) is 11.2 Å². The van der Waals surface area contributed by atoms with Crippen LogP contribution < -0.4 is 10.1 Å². The van der Waals surface area contributed by atoms with Gasteiger partial charge in [0, 0.05) is 25.6 Å². The molecule has 1 atom stereocenters. The largest absolute Gasteiger partial charge is 0.431 e. The van der Waals surface area contributed by atoms with Crippen molar-refractivity contribution >= 4 is 27.5 Å². The Morgan fingerprint density at radius 2 is 2.00 bits per heavy atom. The highest BCUT2D eigenvalue weighted by Gasteiger charge is 2.30. The summed E-state index contributed by atoms with van der Waals surface area (Å²) >= 11 is 1.57. The van der Waals surface area contributed by atoms with Gasteiger partial charge in [0.25, 0.3) is 5.19 Å². The Morgan fingerprint density at radius 1 is 1.16 bits per heavy atom. The van der Waals surface area contributed by atoms with Gasteiger partial charge in [0.1, 0.15) is 5.75 Å². The van der Waals surface area contributed by atoms with E-state index in [0.717, 1.165) is 73.6 Å². The summed E-state index contributed by atoms with van der Waals surface area (Å²) in [6.07, 6.45) is 7.73. The number of benzene rings is 2. The molecule has 1 saturated carbocycles. The molecule has 0 radical (unpaired) electrons. The molecule has 0 bridgehead atoms. The number of carbonyl (C=O) groups excluding carboxylic acids is 1. The molecule has 1 unspecified atom stereocenters. The van der Waals surface area contributed by atoms with Gasteiger partial charge in [0.05, 0.1) is 10.2 Å². The third-order valence-electron chi connectivity index (χ3n) is 6.52. The first-order valence-electron chi connectivity index (χ1n) is 11.9. The molecule has 1 aromatic heterocycles. The quantitative estimate of drug-likeness (QED) is 0.398. The number of aryl methyl sites for hydroxylation is 1. The van der Waals surface area contributed by atoms with Gasteiger partial charge in [-0.15, -0.1) is 0 Å². The van der Waals surface area contributed by atoms with Crippen molar-refractivity contribution in [3.63, 3.8) is 0 Å². The van der Waals surface area contributed by atoms with Crippen LogP contribution in [0.25, 0.3) is 10.2 Å². The van der Waals surface area contributed by atoms with Crippen molar-refractivity contribution in [3.8, 4) is 10.9 Å². The van der Waals surface area contributed by atoms with Crippen LogP contribution in [0.3, 0.4) is 0 Å². The zero-order valence-electron chi connectivity index (χ0n) is 18.5. The van der Waals surface area contributed by atoms with Crippen molar-refractivity contribution in [2.75, 3.05) is 19.6 Å². The molecule has 32 heavy (non-hydrogen) atoms. The molecule has 168 valence electrons. The lowest BCUT2D eigenvalue weighted by molar-refractivity contribution is -0.127. The van der Waals surface area contributed by atoms with E-state index in [9.17, 15) is 4.79 Å². The number of hydrogen-bond donors (Lipinski definition) is 1. The van der Waals surface area contributed by atoms with Crippen LogP contribution in [0, 0.1) is 5.92 Å². The first-order chi connectivity index (χ1) is 15.7. The van der Waals surface area contributed by atoms with E-state index in [1.165, 1.54) is 18.4 Å². The molecule has 2 aromatic carbocycles. The lowest BCUT2D eigenvalue weighted by atomic mass is 10.0. The fourth-order valence-corrected chi connectivity index (χ4v) is 5.38. The lowest BCUT2D eigenvalue weighted by Gasteiger charge is -2.20. The average Bonchev–Trinajstić information content (AvgIpc) is 3.44. The molecule has 0 spiro atoms. The summed E-state index contributed by atoms with van der Waals surface area (Å²) in [7, 11) is 0. The highest BCUT2D eigenvalue weighted by molar-refractivity contribution is 7.20. The Labute approximate surface area is 193 Å². The smallest absolute Gasteiger partial charge is 0.279 e. The van der Waals surface area contributed by atoms with Crippen molar-refractivity contribution in [2.24, 2.45) is 5.92 Å². The van der Waals surface area contributed by atoms with Crippen molar-refractivity contribution in [2.45, 2.75) is 51.0 Å². The predicted molar refractivity (Wildman–Crippen MR) is 129 cm³/mol. The highest BCUT2D eigenvalue weighted by atomic mass is 32.1. The van der Waals surface area contributed by atoms with Crippen LogP contribution in [0.1, 0.15) is 44.1 Å². The number of amides is 1.